The molecule has 26 heavy (non-hydrogen) atoms. The predicted molar refractivity (Wildman–Crippen MR) is 105 cm³/mol. The van der Waals surface area contributed by atoms with E-state index in [0.29, 0.717) is 16.5 Å². The second-order valence-electron chi connectivity index (χ2n) is 5.73. The van der Waals surface area contributed by atoms with Crippen molar-refractivity contribution >= 4 is 38.7 Å². The molecule has 9 heteroatoms. The molecule has 0 aliphatic carbocycles. The summed E-state index contributed by atoms with van der Waals surface area (Å²) in [5.41, 5.74) is 0.815. The van der Waals surface area contributed by atoms with E-state index in [1.807, 2.05) is 13.8 Å². The fraction of sp³-hybridized carbons (Fsp3) is 0.235. The minimum atomic E-state index is -3.90. The van der Waals surface area contributed by atoms with Crippen molar-refractivity contribution in [3.63, 3.8) is 0 Å². The molecule has 140 valence electrons. The number of benzene rings is 2. The topological polar surface area (TPSA) is 79.5 Å². The molecule has 0 atom stereocenters. The Hall–Kier alpha value is -2.39. The van der Waals surface area contributed by atoms with Crippen LogP contribution >= 0.6 is 12.2 Å². The molecule has 2 rings (SSSR count). The first-order valence-corrected chi connectivity index (χ1v) is 9.64. The molecule has 3 N–H and O–H groups in total. The molecular weight excluding hydrogens is 377 g/mol. The van der Waals surface area contributed by atoms with Crippen LogP contribution in [0.15, 0.2) is 47.4 Å². The number of nitrogens with one attached hydrogen (secondary N) is 3. The van der Waals surface area contributed by atoms with Gasteiger partial charge in [0.1, 0.15) is 11.6 Å². The Morgan fingerprint density at radius 3 is 2.38 bits per heavy atom. The SMILES string of the molecule is COc1ccc(NC(=S)NC(C)C)cc1NS(=O)(=O)c1ccc(F)cc1. The summed E-state index contributed by atoms with van der Waals surface area (Å²) in [6.45, 7) is 3.90. The third kappa shape index (κ3) is 5.30. The highest BCUT2D eigenvalue weighted by Crippen LogP contribution is 2.30. The molecule has 0 aliphatic heterocycles. The van der Waals surface area contributed by atoms with Crippen LogP contribution in [0, 0.1) is 5.82 Å². The average molecular weight is 397 g/mol. The quantitative estimate of drug-likeness (QED) is 0.649. The standard InChI is InChI=1S/C17H20FN3O3S2/c1-11(2)19-17(25)20-13-6-9-16(24-3)15(10-13)21-26(22,23)14-7-4-12(18)5-8-14/h4-11,21H,1-3H3,(H2,19,20,25). The maximum absolute atomic E-state index is 13.0. The zero-order valence-corrected chi connectivity index (χ0v) is 16.2. The first kappa shape index (κ1) is 19.9. The average Bonchev–Trinajstić information content (AvgIpc) is 2.54. The summed E-state index contributed by atoms with van der Waals surface area (Å²) in [5.74, 6) is -0.178. The van der Waals surface area contributed by atoms with Crippen molar-refractivity contribution in [3.05, 3.63) is 48.3 Å². The van der Waals surface area contributed by atoms with Crippen molar-refractivity contribution in [3.8, 4) is 5.75 Å². The van der Waals surface area contributed by atoms with E-state index in [-0.39, 0.29) is 16.6 Å². The van der Waals surface area contributed by atoms with Crippen molar-refractivity contribution in [2.45, 2.75) is 24.8 Å². The van der Waals surface area contributed by atoms with Gasteiger partial charge >= 0.3 is 0 Å². The highest BCUT2D eigenvalue weighted by atomic mass is 32.2. The Labute approximate surface area is 157 Å². The third-order valence-electron chi connectivity index (χ3n) is 3.25. The van der Waals surface area contributed by atoms with E-state index in [1.54, 1.807) is 18.2 Å². The van der Waals surface area contributed by atoms with Crippen LogP contribution in [0.4, 0.5) is 15.8 Å². The Bertz CT molecular complexity index is 885. The number of anilines is 2. The molecule has 6 nitrogen and oxygen atoms in total. The second kappa shape index (κ2) is 8.33. The Morgan fingerprint density at radius 1 is 1.15 bits per heavy atom. The lowest BCUT2D eigenvalue weighted by atomic mass is 10.2. The Morgan fingerprint density at radius 2 is 1.81 bits per heavy atom. The molecule has 2 aromatic carbocycles. The molecule has 0 amide bonds. The van der Waals surface area contributed by atoms with Gasteiger partial charge in [-0.25, -0.2) is 12.8 Å². The van der Waals surface area contributed by atoms with Gasteiger partial charge in [0.2, 0.25) is 0 Å². The largest absolute Gasteiger partial charge is 0.495 e. The molecule has 0 saturated carbocycles. The van der Waals surface area contributed by atoms with Gasteiger partial charge in [0.25, 0.3) is 10.0 Å². The maximum Gasteiger partial charge on any atom is 0.262 e. The van der Waals surface area contributed by atoms with Crippen LogP contribution < -0.4 is 20.1 Å². The van der Waals surface area contributed by atoms with Gasteiger partial charge in [-0.15, -0.1) is 0 Å². The van der Waals surface area contributed by atoms with Gasteiger partial charge in [-0.1, -0.05) is 0 Å². The minimum Gasteiger partial charge on any atom is -0.495 e. The van der Waals surface area contributed by atoms with E-state index in [2.05, 4.69) is 15.4 Å². The van der Waals surface area contributed by atoms with Crippen LogP contribution in [0.5, 0.6) is 5.75 Å². The van der Waals surface area contributed by atoms with Crippen molar-refractivity contribution in [2.75, 3.05) is 17.1 Å². The fourth-order valence-corrected chi connectivity index (χ4v) is 3.53. The van der Waals surface area contributed by atoms with E-state index in [9.17, 15) is 12.8 Å². The minimum absolute atomic E-state index is 0.0590. The predicted octanol–water partition coefficient (Wildman–Crippen LogP) is 3.33. The highest BCUT2D eigenvalue weighted by molar-refractivity contribution is 7.92. The molecule has 0 unspecified atom stereocenters. The Balaban J connectivity index is 2.28. The molecule has 0 aliphatic rings. The fourth-order valence-electron chi connectivity index (χ4n) is 2.11. The number of rotatable bonds is 6. The zero-order chi connectivity index (χ0) is 19.3. The zero-order valence-electron chi connectivity index (χ0n) is 14.5. The second-order valence-corrected chi connectivity index (χ2v) is 7.82. The van der Waals surface area contributed by atoms with Crippen LogP contribution in [-0.2, 0) is 10.0 Å². The van der Waals surface area contributed by atoms with Crippen LogP contribution in [0.3, 0.4) is 0 Å². The summed E-state index contributed by atoms with van der Waals surface area (Å²) in [5, 5.41) is 6.43. The van der Waals surface area contributed by atoms with E-state index >= 15 is 0 Å². The van der Waals surface area contributed by atoms with Crippen LogP contribution in [0.25, 0.3) is 0 Å². The van der Waals surface area contributed by atoms with Crippen molar-refractivity contribution in [1.82, 2.24) is 5.32 Å². The number of hydrogen-bond donors (Lipinski definition) is 3. The lowest BCUT2D eigenvalue weighted by Crippen LogP contribution is -2.33. The van der Waals surface area contributed by atoms with Gasteiger partial charge in [0, 0.05) is 11.7 Å². The molecule has 0 bridgehead atoms. The van der Waals surface area contributed by atoms with Gasteiger partial charge in [-0.3, -0.25) is 4.72 Å². The Kier molecular flexibility index (Phi) is 6.38. The summed E-state index contributed by atoms with van der Waals surface area (Å²) >= 11 is 5.19. The van der Waals surface area contributed by atoms with Crippen molar-refractivity contribution in [2.24, 2.45) is 0 Å². The normalized spacial score (nSPS) is 11.1. The first-order valence-electron chi connectivity index (χ1n) is 7.75. The number of sulfonamides is 1. The van der Waals surface area contributed by atoms with E-state index in [0.717, 1.165) is 12.1 Å². The molecule has 2 aromatic rings. The van der Waals surface area contributed by atoms with E-state index in [4.69, 9.17) is 17.0 Å². The summed E-state index contributed by atoms with van der Waals surface area (Å²) < 4.78 is 45.7. The number of halogens is 1. The number of methoxy groups -OCH3 is 1. The lowest BCUT2D eigenvalue weighted by molar-refractivity contribution is 0.417. The summed E-state index contributed by atoms with van der Waals surface area (Å²) in [6, 6.07) is 9.59. The smallest absolute Gasteiger partial charge is 0.262 e. The maximum atomic E-state index is 13.0. The number of ether oxygens (including phenoxy) is 1. The number of thiocarbonyl (C=S) groups is 1. The van der Waals surface area contributed by atoms with Crippen LogP contribution in [-0.4, -0.2) is 26.7 Å². The monoisotopic (exact) mass is 397 g/mol. The molecule has 0 aromatic heterocycles. The van der Waals surface area contributed by atoms with E-state index in [1.165, 1.54) is 19.2 Å². The molecule has 0 fully saturated rings. The third-order valence-corrected chi connectivity index (χ3v) is 4.85. The van der Waals surface area contributed by atoms with Gasteiger partial charge in [0.05, 0.1) is 17.7 Å². The molecule has 0 saturated heterocycles. The highest BCUT2D eigenvalue weighted by Gasteiger charge is 2.17. The van der Waals surface area contributed by atoms with E-state index < -0.39 is 15.8 Å². The molecule has 0 spiro atoms. The van der Waals surface area contributed by atoms with Gasteiger partial charge in [-0.2, -0.15) is 0 Å². The summed E-state index contributed by atoms with van der Waals surface area (Å²) in [7, 11) is -2.47. The first-order chi connectivity index (χ1) is 12.2. The van der Waals surface area contributed by atoms with Gasteiger partial charge in [0.15, 0.2) is 5.11 Å². The van der Waals surface area contributed by atoms with Crippen LogP contribution in [0.2, 0.25) is 0 Å². The van der Waals surface area contributed by atoms with Gasteiger partial charge in [-0.05, 0) is 68.5 Å². The molecule has 0 heterocycles. The molecular formula is C17H20FN3O3S2. The number of hydrogen-bond acceptors (Lipinski definition) is 4. The van der Waals surface area contributed by atoms with Crippen molar-refractivity contribution < 1.29 is 17.5 Å². The lowest BCUT2D eigenvalue weighted by Gasteiger charge is -2.16. The van der Waals surface area contributed by atoms with Gasteiger partial charge < -0.3 is 15.4 Å². The van der Waals surface area contributed by atoms with Crippen LogP contribution in [0.1, 0.15) is 13.8 Å². The summed E-state index contributed by atoms with van der Waals surface area (Å²) in [4.78, 5) is -0.0590. The summed E-state index contributed by atoms with van der Waals surface area (Å²) in [6.07, 6.45) is 0. The van der Waals surface area contributed by atoms with Crippen molar-refractivity contribution in [1.29, 1.82) is 0 Å². The molecule has 0 radical (unpaired) electrons.